The highest BCUT2D eigenvalue weighted by Gasteiger charge is 2.18. The van der Waals surface area contributed by atoms with Crippen molar-refractivity contribution in [3.05, 3.63) is 28.2 Å². The zero-order chi connectivity index (χ0) is 13.0. The first-order chi connectivity index (χ1) is 8.66. The third kappa shape index (κ3) is 3.70. The van der Waals surface area contributed by atoms with E-state index in [9.17, 15) is 0 Å². The molecule has 0 amide bonds. The lowest BCUT2D eigenvalue weighted by atomic mass is 10.1. The van der Waals surface area contributed by atoms with Gasteiger partial charge in [-0.25, -0.2) is 0 Å². The molecule has 0 aromatic heterocycles. The minimum absolute atomic E-state index is 0.135. The minimum atomic E-state index is 0.135. The lowest BCUT2D eigenvalue weighted by Crippen LogP contribution is -2.27. The van der Waals surface area contributed by atoms with Crippen LogP contribution in [0.1, 0.15) is 25.3 Å². The van der Waals surface area contributed by atoms with Gasteiger partial charge >= 0.3 is 0 Å². The summed E-state index contributed by atoms with van der Waals surface area (Å²) in [7, 11) is 0. The van der Waals surface area contributed by atoms with Crippen LogP contribution in [0.25, 0.3) is 0 Å². The van der Waals surface area contributed by atoms with Crippen LogP contribution in [-0.4, -0.2) is 25.4 Å². The molecule has 1 aromatic carbocycles. The van der Waals surface area contributed by atoms with Gasteiger partial charge in [0.15, 0.2) is 0 Å². The van der Waals surface area contributed by atoms with Crippen molar-refractivity contribution in [2.45, 2.75) is 38.3 Å². The van der Waals surface area contributed by atoms with Gasteiger partial charge in [-0.05, 0) is 40.9 Å². The number of hydrogen-bond donors (Lipinski definition) is 1. The maximum absolute atomic E-state index is 6.14. The van der Waals surface area contributed by atoms with Crippen molar-refractivity contribution in [1.29, 1.82) is 0 Å². The Morgan fingerprint density at radius 2 is 2.17 bits per heavy atom. The Labute approximate surface area is 117 Å². The van der Waals surface area contributed by atoms with E-state index in [1.807, 2.05) is 19.1 Å². The summed E-state index contributed by atoms with van der Waals surface area (Å²) in [6.45, 7) is 3.59. The molecule has 0 spiro atoms. The second kappa shape index (κ2) is 6.55. The molecule has 4 heteroatoms. The van der Waals surface area contributed by atoms with Gasteiger partial charge in [0.05, 0.1) is 17.7 Å². The molecule has 3 nitrogen and oxygen atoms in total. The van der Waals surface area contributed by atoms with Crippen molar-refractivity contribution in [2.24, 2.45) is 5.73 Å². The third-order valence-corrected chi connectivity index (χ3v) is 3.67. The number of halogens is 1. The number of ether oxygens (including phenoxy) is 2. The fourth-order valence-corrected chi connectivity index (χ4v) is 2.65. The molecule has 2 N–H and O–H groups in total. The van der Waals surface area contributed by atoms with Gasteiger partial charge in [-0.2, -0.15) is 0 Å². The maximum Gasteiger partial charge on any atom is 0.137 e. The van der Waals surface area contributed by atoms with Gasteiger partial charge in [-0.15, -0.1) is 0 Å². The summed E-state index contributed by atoms with van der Waals surface area (Å²) >= 11 is 3.57. The Kier molecular flexibility index (Phi) is 5.03. The molecule has 2 rings (SSSR count). The van der Waals surface area contributed by atoms with Gasteiger partial charge < -0.3 is 15.2 Å². The molecule has 0 bridgehead atoms. The van der Waals surface area contributed by atoms with Crippen molar-refractivity contribution in [3.63, 3.8) is 0 Å². The highest BCUT2D eigenvalue weighted by atomic mass is 79.9. The lowest BCUT2D eigenvalue weighted by Gasteiger charge is -2.25. The molecular weight excluding hydrogens is 294 g/mol. The van der Waals surface area contributed by atoms with Crippen molar-refractivity contribution < 1.29 is 9.47 Å². The summed E-state index contributed by atoms with van der Waals surface area (Å²) in [6, 6.07) is 6.26. The Hall–Kier alpha value is -0.580. The van der Waals surface area contributed by atoms with Gasteiger partial charge in [0.25, 0.3) is 0 Å². The van der Waals surface area contributed by atoms with Gasteiger partial charge in [-0.1, -0.05) is 12.1 Å². The Morgan fingerprint density at radius 1 is 1.44 bits per heavy atom. The van der Waals surface area contributed by atoms with E-state index in [0.29, 0.717) is 0 Å². The van der Waals surface area contributed by atoms with Crippen molar-refractivity contribution in [3.8, 4) is 5.75 Å². The van der Waals surface area contributed by atoms with E-state index in [1.165, 1.54) is 5.56 Å². The van der Waals surface area contributed by atoms with Gasteiger partial charge in [-0.3, -0.25) is 0 Å². The second-order valence-corrected chi connectivity index (χ2v) is 5.69. The van der Waals surface area contributed by atoms with Crippen LogP contribution in [0.3, 0.4) is 0 Å². The number of nitrogens with two attached hydrogens (primary N) is 1. The van der Waals surface area contributed by atoms with Crippen LogP contribution < -0.4 is 10.5 Å². The van der Waals surface area contributed by atoms with Crippen LogP contribution in [0.15, 0.2) is 22.7 Å². The summed E-state index contributed by atoms with van der Waals surface area (Å²) in [5.74, 6) is 0.946. The fraction of sp³-hybridized carbons (Fsp3) is 0.571. The number of rotatable bonds is 4. The lowest BCUT2D eigenvalue weighted by molar-refractivity contribution is 0.0248. The molecule has 1 atom stereocenters. The van der Waals surface area contributed by atoms with Crippen LogP contribution >= 0.6 is 15.9 Å². The van der Waals surface area contributed by atoms with Crippen LogP contribution in [0.5, 0.6) is 5.75 Å². The standard InChI is InChI=1S/C14H20BrNO2/c1-10(16)9-11-3-2-4-13(15)14(11)18-12-5-7-17-8-6-12/h2-4,10,12H,5-9,16H2,1H3. The van der Waals surface area contributed by atoms with E-state index in [0.717, 1.165) is 42.7 Å². The molecule has 1 heterocycles. The SMILES string of the molecule is CC(N)Cc1cccc(Br)c1OC1CCOCC1. The first-order valence-corrected chi connectivity index (χ1v) is 7.23. The number of benzene rings is 1. The largest absolute Gasteiger partial charge is 0.489 e. The monoisotopic (exact) mass is 313 g/mol. The summed E-state index contributed by atoms with van der Waals surface area (Å²) in [4.78, 5) is 0. The smallest absolute Gasteiger partial charge is 0.137 e. The van der Waals surface area contributed by atoms with Crippen molar-refractivity contribution in [1.82, 2.24) is 0 Å². The summed E-state index contributed by atoms with van der Waals surface area (Å²) in [5, 5.41) is 0. The number of hydrogen-bond acceptors (Lipinski definition) is 3. The molecule has 0 aliphatic carbocycles. The van der Waals surface area contributed by atoms with Crippen LogP contribution in [-0.2, 0) is 11.2 Å². The maximum atomic E-state index is 6.14. The zero-order valence-corrected chi connectivity index (χ0v) is 12.3. The highest BCUT2D eigenvalue weighted by Crippen LogP contribution is 2.32. The molecule has 1 aromatic rings. The second-order valence-electron chi connectivity index (χ2n) is 4.84. The predicted octanol–water partition coefficient (Wildman–Crippen LogP) is 2.90. The third-order valence-electron chi connectivity index (χ3n) is 3.04. The van der Waals surface area contributed by atoms with Crippen molar-refractivity contribution in [2.75, 3.05) is 13.2 Å². The van der Waals surface area contributed by atoms with Crippen LogP contribution in [0.2, 0.25) is 0 Å². The molecule has 1 fully saturated rings. The molecule has 1 saturated heterocycles. The summed E-state index contributed by atoms with van der Waals surface area (Å²) in [6.07, 6.45) is 3.00. The Morgan fingerprint density at radius 3 is 2.83 bits per heavy atom. The fourth-order valence-electron chi connectivity index (χ4n) is 2.15. The molecule has 1 aliphatic rings. The van der Waals surface area contributed by atoms with E-state index in [1.54, 1.807) is 0 Å². The van der Waals surface area contributed by atoms with Gasteiger partial charge in [0.2, 0.25) is 0 Å². The molecule has 1 unspecified atom stereocenters. The van der Waals surface area contributed by atoms with Crippen LogP contribution in [0, 0.1) is 0 Å². The van der Waals surface area contributed by atoms with E-state index < -0.39 is 0 Å². The summed E-state index contributed by atoms with van der Waals surface area (Å²) in [5.41, 5.74) is 7.06. The van der Waals surface area contributed by atoms with E-state index in [-0.39, 0.29) is 12.1 Å². The molecule has 0 saturated carbocycles. The van der Waals surface area contributed by atoms with Crippen LogP contribution in [0.4, 0.5) is 0 Å². The van der Waals surface area contributed by atoms with Crippen molar-refractivity contribution >= 4 is 15.9 Å². The molecule has 100 valence electrons. The topological polar surface area (TPSA) is 44.5 Å². The molecule has 18 heavy (non-hydrogen) atoms. The molecular formula is C14H20BrNO2. The number of para-hydroxylation sites is 1. The van der Waals surface area contributed by atoms with E-state index >= 15 is 0 Å². The zero-order valence-electron chi connectivity index (χ0n) is 10.7. The summed E-state index contributed by atoms with van der Waals surface area (Å²) < 4.78 is 12.5. The minimum Gasteiger partial charge on any atom is -0.489 e. The quantitative estimate of drug-likeness (QED) is 0.929. The van der Waals surface area contributed by atoms with E-state index in [2.05, 4.69) is 22.0 Å². The average molecular weight is 314 g/mol. The van der Waals surface area contributed by atoms with E-state index in [4.69, 9.17) is 15.2 Å². The predicted molar refractivity (Wildman–Crippen MR) is 76.0 cm³/mol. The first kappa shape index (κ1) is 13.8. The Balaban J connectivity index is 2.13. The van der Waals surface area contributed by atoms with Gasteiger partial charge in [0, 0.05) is 18.9 Å². The normalized spacial score (nSPS) is 18.6. The molecule has 0 radical (unpaired) electrons. The van der Waals surface area contributed by atoms with Gasteiger partial charge in [0.1, 0.15) is 11.9 Å². The average Bonchev–Trinajstić information content (AvgIpc) is 2.34. The first-order valence-electron chi connectivity index (χ1n) is 6.44. The highest BCUT2D eigenvalue weighted by molar-refractivity contribution is 9.10. The molecule has 1 aliphatic heterocycles. The Bertz CT molecular complexity index is 389.